The van der Waals surface area contributed by atoms with Gasteiger partial charge in [-0.25, -0.2) is 4.39 Å². The highest BCUT2D eigenvalue weighted by molar-refractivity contribution is 6.06. The van der Waals surface area contributed by atoms with Crippen LogP contribution < -0.4 is 10.1 Å². The average Bonchev–Trinajstić information content (AvgIpc) is 2.69. The molecule has 0 saturated heterocycles. The number of rotatable bonds is 6. The van der Waals surface area contributed by atoms with E-state index in [0.29, 0.717) is 22.6 Å². The number of Topliss-reactive ketones (excluding diaryl/α,β-unsaturated/α-hetero) is 1. The molecule has 0 fully saturated rings. The van der Waals surface area contributed by atoms with E-state index in [1.807, 2.05) is 18.2 Å². The predicted octanol–water partition coefficient (Wildman–Crippen LogP) is 4.73. The number of benzene rings is 3. The van der Waals surface area contributed by atoms with Crippen molar-refractivity contribution in [2.24, 2.45) is 0 Å². The molecule has 5 heteroatoms. The SMILES string of the molecule is C[C@H](Oc1ccccc1C(=O)Nc1ccccc1)C(=O)c1ccc(F)cc1. The van der Waals surface area contributed by atoms with E-state index in [4.69, 9.17) is 4.74 Å². The van der Waals surface area contributed by atoms with E-state index in [-0.39, 0.29) is 11.7 Å². The molecule has 0 aliphatic heterocycles. The quantitative estimate of drug-likeness (QED) is 0.644. The number of carbonyl (C=O) groups is 2. The van der Waals surface area contributed by atoms with Crippen LogP contribution in [-0.2, 0) is 0 Å². The summed E-state index contributed by atoms with van der Waals surface area (Å²) < 4.78 is 18.8. The molecule has 1 atom stereocenters. The second-order valence-corrected chi connectivity index (χ2v) is 5.95. The third-order valence-electron chi connectivity index (χ3n) is 3.97. The van der Waals surface area contributed by atoms with Gasteiger partial charge in [0, 0.05) is 11.3 Å². The Labute approximate surface area is 156 Å². The fraction of sp³-hybridized carbons (Fsp3) is 0.0909. The Morgan fingerprint density at radius 2 is 1.52 bits per heavy atom. The highest BCUT2D eigenvalue weighted by Gasteiger charge is 2.20. The number of hydrogen-bond acceptors (Lipinski definition) is 3. The number of nitrogens with one attached hydrogen (secondary N) is 1. The Morgan fingerprint density at radius 3 is 2.22 bits per heavy atom. The summed E-state index contributed by atoms with van der Waals surface area (Å²) in [4.78, 5) is 25.1. The van der Waals surface area contributed by atoms with Crippen LogP contribution in [0.5, 0.6) is 5.75 Å². The topological polar surface area (TPSA) is 55.4 Å². The summed E-state index contributed by atoms with van der Waals surface area (Å²) in [6.07, 6.45) is -0.832. The van der Waals surface area contributed by atoms with Gasteiger partial charge in [0.1, 0.15) is 11.6 Å². The lowest BCUT2D eigenvalue weighted by atomic mass is 10.1. The van der Waals surface area contributed by atoms with E-state index in [2.05, 4.69) is 5.32 Å². The zero-order valence-electron chi connectivity index (χ0n) is 14.7. The zero-order valence-corrected chi connectivity index (χ0v) is 14.7. The summed E-state index contributed by atoms with van der Waals surface area (Å²) in [5.41, 5.74) is 1.32. The van der Waals surface area contributed by atoms with Crippen molar-refractivity contribution in [3.8, 4) is 5.75 Å². The number of amides is 1. The highest BCUT2D eigenvalue weighted by Crippen LogP contribution is 2.22. The molecule has 4 nitrogen and oxygen atoms in total. The zero-order chi connectivity index (χ0) is 19.2. The van der Waals surface area contributed by atoms with Crippen molar-refractivity contribution in [2.45, 2.75) is 13.0 Å². The Kier molecular flexibility index (Phi) is 5.61. The minimum atomic E-state index is -0.832. The fourth-order valence-electron chi connectivity index (χ4n) is 2.57. The van der Waals surface area contributed by atoms with Gasteiger partial charge in [0.25, 0.3) is 5.91 Å². The van der Waals surface area contributed by atoms with Gasteiger partial charge < -0.3 is 10.1 Å². The minimum Gasteiger partial charge on any atom is -0.482 e. The molecule has 0 aliphatic rings. The molecular formula is C22H18FNO3. The number of carbonyl (C=O) groups excluding carboxylic acids is 2. The van der Waals surface area contributed by atoms with Gasteiger partial charge in [-0.2, -0.15) is 0 Å². The molecule has 0 spiro atoms. The molecule has 1 amide bonds. The molecule has 3 rings (SSSR count). The summed E-state index contributed by atoms with van der Waals surface area (Å²) in [6, 6.07) is 21.0. The van der Waals surface area contributed by atoms with Gasteiger partial charge in [-0.1, -0.05) is 30.3 Å². The molecule has 27 heavy (non-hydrogen) atoms. The Balaban J connectivity index is 1.76. The average molecular weight is 363 g/mol. The molecule has 3 aromatic rings. The van der Waals surface area contributed by atoms with Crippen LogP contribution in [0.4, 0.5) is 10.1 Å². The van der Waals surface area contributed by atoms with Crippen LogP contribution in [0, 0.1) is 5.82 Å². The van der Waals surface area contributed by atoms with Gasteiger partial charge in [0.15, 0.2) is 6.10 Å². The number of ketones is 1. The highest BCUT2D eigenvalue weighted by atomic mass is 19.1. The first-order valence-electron chi connectivity index (χ1n) is 8.46. The Morgan fingerprint density at radius 1 is 0.889 bits per heavy atom. The van der Waals surface area contributed by atoms with Crippen molar-refractivity contribution in [2.75, 3.05) is 5.32 Å². The summed E-state index contributed by atoms with van der Waals surface area (Å²) >= 11 is 0. The van der Waals surface area contributed by atoms with Gasteiger partial charge in [-0.15, -0.1) is 0 Å². The third kappa shape index (κ3) is 4.58. The number of para-hydroxylation sites is 2. The number of halogens is 1. The molecule has 0 bridgehead atoms. The van der Waals surface area contributed by atoms with E-state index in [0.717, 1.165) is 0 Å². The van der Waals surface area contributed by atoms with Crippen molar-refractivity contribution in [3.05, 3.63) is 95.8 Å². The third-order valence-corrected chi connectivity index (χ3v) is 3.97. The lowest BCUT2D eigenvalue weighted by Crippen LogP contribution is -2.25. The van der Waals surface area contributed by atoms with Gasteiger partial charge in [-0.05, 0) is 55.5 Å². The summed E-state index contributed by atoms with van der Waals surface area (Å²) in [6.45, 7) is 1.59. The molecule has 0 saturated carbocycles. The summed E-state index contributed by atoms with van der Waals surface area (Å²) in [7, 11) is 0. The number of ether oxygens (including phenoxy) is 1. The van der Waals surface area contributed by atoms with Crippen LogP contribution in [0.15, 0.2) is 78.9 Å². The van der Waals surface area contributed by atoms with Crippen molar-refractivity contribution in [1.82, 2.24) is 0 Å². The maximum absolute atomic E-state index is 13.0. The van der Waals surface area contributed by atoms with E-state index in [9.17, 15) is 14.0 Å². The second kappa shape index (κ2) is 8.27. The molecule has 0 heterocycles. The number of anilines is 1. The predicted molar refractivity (Wildman–Crippen MR) is 102 cm³/mol. The first-order valence-corrected chi connectivity index (χ1v) is 8.46. The van der Waals surface area contributed by atoms with Crippen LogP contribution in [0.25, 0.3) is 0 Å². The van der Waals surface area contributed by atoms with Gasteiger partial charge in [0.2, 0.25) is 5.78 Å². The molecule has 0 radical (unpaired) electrons. The smallest absolute Gasteiger partial charge is 0.259 e. The van der Waals surface area contributed by atoms with E-state index < -0.39 is 11.9 Å². The second-order valence-electron chi connectivity index (χ2n) is 5.95. The molecular weight excluding hydrogens is 345 g/mol. The normalized spacial score (nSPS) is 11.5. The van der Waals surface area contributed by atoms with Gasteiger partial charge in [-0.3, -0.25) is 9.59 Å². The molecule has 3 aromatic carbocycles. The van der Waals surface area contributed by atoms with E-state index in [1.165, 1.54) is 24.3 Å². The number of hydrogen-bond donors (Lipinski definition) is 1. The van der Waals surface area contributed by atoms with Gasteiger partial charge >= 0.3 is 0 Å². The van der Waals surface area contributed by atoms with Crippen LogP contribution in [0.2, 0.25) is 0 Å². The maximum Gasteiger partial charge on any atom is 0.259 e. The van der Waals surface area contributed by atoms with Crippen LogP contribution in [0.1, 0.15) is 27.6 Å². The molecule has 136 valence electrons. The minimum absolute atomic E-state index is 0.298. The van der Waals surface area contributed by atoms with Crippen LogP contribution in [-0.4, -0.2) is 17.8 Å². The van der Waals surface area contributed by atoms with Crippen LogP contribution in [0.3, 0.4) is 0 Å². The summed E-state index contributed by atoms with van der Waals surface area (Å²) in [5, 5.41) is 2.79. The molecule has 0 unspecified atom stereocenters. The van der Waals surface area contributed by atoms with Crippen molar-refractivity contribution < 1.29 is 18.7 Å². The molecule has 0 aromatic heterocycles. The Hall–Kier alpha value is -3.47. The first kappa shape index (κ1) is 18.3. The van der Waals surface area contributed by atoms with E-state index in [1.54, 1.807) is 43.3 Å². The van der Waals surface area contributed by atoms with Crippen LogP contribution >= 0.6 is 0 Å². The molecule has 0 aliphatic carbocycles. The standard InChI is InChI=1S/C22H18FNO3/c1-15(21(25)16-11-13-17(23)14-12-16)27-20-10-6-5-9-19(20)22(26)24-18-7-3-2-4-8-18/h2-15H,1H3,(H,24,26)/t15-/m0/s1. The maximum atomic E-state index is 13.0. The van der Waals surface area contributed by atoms with Crippen molar-refractivity contribution >= 4 is 17.4 Å². The largest absolute Gasteiger partial charge is 0.482 e. The van der Waals surface area contributed by atoms with Gasteiger partial charge in [0.05, 0.1) is 5.56 Å². The lowest BCUT2D eigenvalue weighted by molar-refractivity contribution is 0.0812. The summed E-state index contributed by atoms with van der Waals surface area (Å²) in [5.74, 6) is -0.747. The van der Waals surface area contributed by atoms with E-state index >= 15 is 0 Å². The first-order chi connectivity index (χ1) is 13.0. The molecule has 1 N–H and O–H groups in total. The fourth-order valence-corrected chi connectivity index (χ4v) is 2.57. The van der Waals surface area contributed by atoms with Crippen molar-refractivity contribution in [3.63, 3.8) is 0 Å². The Bertz CT molecular complexity index is 939. The van der Waals surface area contributed by atoms with Crippen molar-refractivity contribution in [1.29, 1.82) is 0 Å². The monoisotopic (exact) mass is 363 g/mol. The lowest BCUT2D eigenvalue weighted by Gasteiger charge is -2.16.